The lowest BCUT2D eigenvalue weighted by atomic mass is 10.0. The summed E-state index contributed by atoms with van der Waals surface area (Å²) in [6.07, 6.45) is -9.17. The maximum Gasteiger partial charge on any atom is 0.416 e. The highest BCUT2D eigenvalue weighted by atomic mass is 19.4. The van der Waals surface area contributed by atoms with Gasteiger partial charge in [-0.1, -0.05) is 0 Å². The second kappa shape index (κ2) is 9.47. The van der Waals surface area contributed by atoms with Crippen molar-refractivity contribution in [1.82, 2.24) is 25.1 Å². The number of hydrogen-bond donors (Lipinski definition) is 2. The highest BCUT2D eigenvalue weighted by molar-refractivity contribution is 5.95. The molecule has 0 aliphatic rings. The van der Waals surface area contributed by atoms with E-state index in [0.717, 1.165) is 6.20 Å². The van der Waals surface area contributed by atoms with Crippen molar-refractivity contribution in [2.75, 3.05) is 19.0 Å². The van der Waals surface area contributed by atoms with Crippen LogP contribution in [0.1, 0.15) is 50.6 Å². The zero-order chi connectivity index (χ0) is 27.0. The van der Waals surface area contributed by atoms with Crippen LogP contribution in [-0.2, 0) is 12.4 Å². The molecule has 0 unspecified atom stereocenters. The van der Waals surface area contributed by atoms with Gasteiger partial charge in [0.25, 0.3) is 5.91 Å². The topological polar surface area (TPSA) is 113 Å². The lowest BCUT2D eigenvalue weighted by Gasteiger charge is -2.17. The van der Waals surface area contributed by atoms with Gasteiger partial charge in [0.05, 0.1) is 22.7 Å². The minimum absolute atomic E-state index is 0.0330. The fourth-order valence-corrected chi connectivity index (χ4v) is 3.02. The highest BCUT2D eigenvalue weighted by Gasteiger charge is 2.37. The molecule has 0 aliphatic heterocycles. The fraction of sp³-hybridized carbons (Fsp3) is 0.286. The molecule has 0 radical (unpaired) electrons. The van der Waals surface area contributed by atoms with Gasteiger partial charge in [0.1, 0.15) is 0 Å². The molecule has 0 saturated carbocycles. The summed E-state index contributed by atoms with van der Waals surface area (Å²) in [5.41, 5.74) is -4.22. The minimum Gasteiger partial charge on any atom is -0.478 e. The number of amides is 1. The number of anilines is 1. The molecular formula is C21H18F6N6O3. The first-order valence-corrected chi connectivity index (χ1v) is 10.0. The maximum atomic E-state index is 13.2. The molecule has 1 atom stereocenters. The number of pyridine rings is 1. The minimum atomic E-state index is -5.11. The summed E-state index contributed by atoms with van der Waals surface area (Å²) in [6, 6.07) is 2.06. The van der Waals surface area contributed by atoms with Gasteiger partial charge in [-0.2, -0.15) is 36.0 Å². The van der Waals surface area contributed by atoms with Crippen molar-refractivity contribution in [3.05, 3.63) is 64.6 Å². The van der Waals surface area contributed by atoms with Crippen LogP contribution in [0.2, 0.25) is 0 Å². The van der Waals surface area contributed by atoms with Gasteiger partial charge in [-0.05, 0) is 37.3 Å². The zero-order valence-corrected chi connectivity index (χ0v) is 18.8. The molecule has 2 heterocycles. The third-order valence-corrected chi connectivity index (χ3v) is 4.82. The average molecular weight is 516 g/mol. The molecule has 3 aromatic rings. The summed E-state index contributed by atoms with van der Waals surface area (Å²) in [4.78, 5) is 33.5. The number of nitrogens with zero attached hydrogens (tertiary/aromatic N) is 5. The normalized spacial score (nSPS) is 12.8. The third-order valence-electron chi connectivity index (χ3n) is 4.82. The average Bonchev–Trinajstić information content (AvgIpc) is 3.23. The number of alkyl halides is 6. The van der Waals surface area contributed by atoms with Gasteiger partial charge in [0.15, 0.2) is 11.6 Å². The molecule has 15 heteroatoms. The molecule has 1 aromatic carbocycles. The van der Waals surface area contributed by atoms with E-state index in [-0.39, 0.29) is 29.2 Å². The number of benzene rings is 1. The quantitative estimate of drug-likeness (QED) is 0.477. The summed E-state index contributed by atoms with van der Waals surface area (Å²) in [5, 5.41) is 15.6. The Morgan fingerprint density at radius 1 is 1.00 bits per heavy atom. The van der Waals surface area contributed by atoms with Gasteiger partial charge in [-0.15, -0.1) is 5.10 Å². The Bertz CT molecular complexity index is 1250. The molecule has 0 bridgehead atoms. The van der Waals surface area contributed by atoms with Crippen LogP contribution in [-0.4, -0.2) is 50.8 Å². The fourth-order valence-electron chi connectivity index (χ4n) is 3.02. The molecule has 0 spiro atoms. The first kappa shape index (κ1) is 26.4. The van der Waals surface area contributed by atoms with Gasteiger partial charge in [0, 0.05) is 25.9 Å². The molecule has 2 aromatic heterocycles. The van der Waals surface area contributed by atoms with Gasteiger partial charge in [-0.3, -0.25) is 4.79 Å². The van der Waals surface area contributed by atoms with E-state index in [0.29, 0.717) is 12.1 Å². The Hall–Kier alpha value is -4.17. The standard InChI is InChI=1S/C21H18F6N6O3/c1-10(29-17(34)12-6-13(20(22,23)24)8-14(7-12)21(25,26)27)16-30-19(32(2)3)31-33(16)15-5-4-11(9-28-15)18(35)36/h4-10H,1-3H3,(H,29,34)(H,35,36)/t10-/m0/s1. The Balaban J connectivity index is 1.98. The molecule has 192 valence electrons. The summed E-state index contributed by atoms with van der Waals surface area (Å²) in [5.74, 6) is -2.15. The molecule has 3 rings (SSSR count). The van der Waals surface area contributed by atoms with Crippen LogP contribution >= 0.6 is 0 Å². The number of rotatable bonds is 6. The molecule has 2 N–H and O–H groups in total. The van der Waals surface area contributed by atoms with E-state index in [4.69, 9.17) is 5.11 Å². The number of halogens is 6. The summed E-state index contributed by atoms with van der Waals surface area (Å²) < 4.78 is 80.1. The molecule has 36 heavy (non-hydrogen) atoms. The first-order chi connectivity index (χ1) is 16.6. The van der Waals surface area contributed by atoms with Crippen LogP contribution in [0.4, 0.5) is 32.3 Å². The van der Waals surface area contributed by atoms with E-state index in [1.54, 1.807) is 14.1 Å². The van der Waals surface area contributed by atoms with Crippen molar-refractivity contribution in [3.8, 4) is 5.82 Å². The Kier molecular flexibility index (Phi) is 6.95. The van der Waals surface area contributed by atoms with E-state index in [1.807, 2.05) is 0 Å². The number of hydrogen-bond acceptors (Lipinski definition) is 6. The van der Waals surface area contributed by atoms with Gasteiger partial charge >= 0.3 is 18.3 Å². The largest absolute Gasteiger partial charge is 0.478 e. The molecule has 0 aliphatic carbocycles. The second-order valence-electron chi connectivity index (χ2n) is 7.78. The van der Waals surface area contributed by atoms with Gasteiger partial charge < -0.3 is 15.3 Å². The summed E-state index contributed by atoms with van der Waals surface area (Å²) in [6.45, 7) is 1.39. The van der Waals surface area contributed by atoms with Crippen LogP contribution in [0.3, 0.4) is 0 Å². The predicted octanol–water partition coefficient (Wildman–Crippen LogP) is 3.96. The van der Waals surface area contributed by atoms with Crippen molar-refractivity contribution in [3.63, 3.8) is 0 Å². The van der Waals surface area contributed by atoms with Crippen molar-refractivity contribution >= 4 is 17.8 Å². The predicted molar refractivity (Wildman–Crippen MR) is 113 cm³/mol. The number of carboxylic acid groups (broad SMARTS) is 1. The molecule has 9 nitrogen and oxygen atoms in total. The van der Waals surface area contributed by atoms with Crippen LogP contribution in [0, 0.1) is 0 Å². The first-order valence-electron chi connectivity index (χ1n) is 10.0. The third kappa shape index (κ3) is 5.72. The van der Waals surface area contributed by atoms with Crippen LogP contribution in [0.25, 0.3) is 5.82 Å². The summed E-state index contributed by atoms with van der Waals surface area (Å²) in [7, 11) is 3.21. The number of carboxylic acids is 1. The molecule has 0 saturated heterocycles. The van der Waals surface area contributed by atoms with E-state index >= 15 is 0 Å². The number of aromatic nitrogens is 4. The van der Waals surface area contributed by atoms with E-state index in [9.17, 15) is 35.9 Å². The number of carbonyl (C=O) groups is 2. The van der Waals surface area contributed by atoms with E-state index in [2.05, 4.69) is 20.4 Å². The Morgan fingerprint density at radius 2 is 1.58 bits per heavy atom. The van der Waals surface area contributed by atoms with Crippen molar-refractivity contribution in [2.24, 2.45) is 0 Å². The van der Waals surface area contributed by atoms with Gasteiger partial charge in [-0.25, -0.2) is 9.78 Å². The van der Waals surface area contributed by atoms with Crippen molar-refractivity contribution < 1.29 is 41.0 Å². The van der Waals surface area contributed by atoms with Crippen molar-refractivity contribution in [1.29, 1.82) is 0 Å². The maximum absolute atomic E-state index is 13.2. The zero-order valence-electron chi connectivity index (χ0n) is 18.8. The number of nitrogens with one attached hydrogen (secondary N) is 1. The molecule has 0 fully saturated rings. The Labute approximate surface area is 199 Å². The number of aromatic carboxylic acids is 1. The lowest BCUT2D eigenvalue weighted by molar-refractivity contribution is -0.143. The van der Waals surface area contributed by atoms with Crippen molar-refractivity contribution in [2.45, 2.75) is 25.3 Å². The van der Waals surface area contributed by atoms with Crippen LogP contribution < -0.4 is 10.2 Å². The van der Waals surface area contributed by atoms with Gasteiger partial charge in [0.2, 0.25) is 5.95 Å². The summed E-state index contributed by atoms with van der Waals surface area (Å²) >= 11 is 0. The smallest absolute Gasteiger partial charge is 0.416 e. The highest BCUT2D eigenvalue weighted by Crippen LogP contribution is 2.36. The Morgan fingerprint density at radius 3 is 2.03 bits per heavy atom. The number of carbonyl (C=O) groups excluding carboxylic acids is 1. The van der Waals surface area contributed by atoms with E-state index < -0.39 is 47.0 Å². The lowest BCUT2D eigenvalue weighted by Crippen LogP contribution is -2.29. The monoisotopic (exact) mass is 516 g/mol. The van der Waals surface area contributed by atoms with Crippen LogP contribution in [0.5, 0.6) is 0 Å². The van der Waals surface area contributed by atoms with Crippen LogP contribution in [0.15, 0.2) is 36.5 Å². The SMILES string of the molecule is C[C@H](NC(=O)c1cc(C(F)(F)F)cc(C(F)(F)F)c1)c1nc(N(C)C)nn1-c1ccc(C(=O)O)cn1. The molecular weight excluding hydrogens is 498 g/mol. The second-order valence-corrected chi connectivity index (χ2v) is 7.78. The molecule has 1 amide bonds. The van der Waals surface area contributed by atoms with E-state index in [1.165, 1.54) is 28.6 Å².